The van der Waals surface area contributed by atoms with E-state index >= 15 is 0 Å². The molecule has 7 nitrogen and oxygen atoms in total. The number of ether oxygens (including phenoxy) is 3. The lowest BCUT2D eigenvalue weighted by Crippen LogP contribution is -2.52. The van der Waals surface area contributed by atoms with Crippen LogP contribution in [-0.2, 0) is 11.3 Å². The Morgan fingerprint density at radius 2 is 1.96 bits per heavy atom. The number of aliphatic imine (C=N–C) groups is 1. The Hall–Kier alpha value is -1.99. The minimum absolute atomic E-state index is 0.452. The zero-order valence-corrected chi connectivity index (χ0v) is 18.0. The molecule has 0 spiro atoms. The molecule has 0 amide bonds. The third kappa shape index (κ3) is 6.56. The van der Waals surface area contributed by atoms with Gasteiger partial charge in [0.25, 0.3) is 0 Å². The van der Waals surface area contributed by atoms with Crippen molar-refractivity contribution in [1.82, 2.24) is 15.5 Å². The van der Waals surface area contributed by atoms with Crippen molar-refractivity contribution in [3.63, 3.8) is 0 Å². The van der Waals surface area contributed by atoms with Gasteiger partial charge in [0.05, 0.1) is 26.9 Å². The van der Waals surface area contributed by atoms with Crippen molar-refractivity contribution in [2.75, 3.05) is 53.6 Å². The van der Waals surface area contributed by atoms with Crippen molar-refractivity contribution in [1.29, 1.82) is 0 Å². The van der Waals surface area contributed by atoms with Crippen LogP contribution in [0.5, 0.6) is 11.5 Å². The molecular formula is C21H36N4O3. The van der Waals surface area contributed by atoms with Crippen molar-refractivity contribution in [3.05, 3.63) is 23.8 Å². The summed E-state index contributed by atoms with van der Waals surface area (Å²) in [5, 5.41) is 6.87. The highest BCUT2D eigenvalue weighted by Crippen LogP contribution is 2.27. The normalized spacial score (nSPS) is 16.7. The zero-order chi connectivity index (χ0) is 20.4. The van der Waals surface area contributed by atoms with Gasteiger partial charge >= 0.3 is 0 Å². The van der Waals surface area contributed by atoms with Crippen LogP contribution in [-0.4, -0.2) is 70.5 Å². The number of rotatable bonds is 9. The Kier molecular flexibility index (Phi) is 9.37. The van der Waals surface area contributed by atoms with Crippen molar-refractivity contribution < 1.29 is 14.2 Å². The fourth-order valence-electron chi connectivity index (χ4n) is 3.40. The number of methoxy groups -OCH3 is 1. The van der Waals surface area contributed by atoms with Crippen LogP contribution in [0.2, 0.25) is 0 Å². The fourth-order valence-corrected chi connectivity index (χ4v) is 3.40. The van der Waals surface area contributed by atoms with Crippen LogP contribution < -0.4 is 20.1 Å². The molecule has 1 saturated heterocycles. The maximum Gasteiger partial charge on any atom is 0.191 e. The maximum absolute atomic E-state index is 5.66. The molecule has 1 aromatic rings. The lowest BCUT2D eigenvalue weighted by Gasteiger charge is -2.37. The summed E-state index contributed by atoms with van der Waals surface area (Å²) in [6.45, 7) is 12.2. The molecule has 0 radical (unpaired) electrons. The predicted molar refractivity (Wildman–Crippen MR) is 113 cm³/mol. The molecule has 2 N–H and O–H groups in total. The van der Waals surface area contributed by atoms with Crippen molar-refractivity contribution >= 4 is 5.96 Å². The topological polar surface area (TPSA) is 67.4 Å². The van der Waals surface area contributed by atoms with E-state index in [1.165, 1.54) is 0 Å². The Balaban J connectivity index is 1.90. The minimum Gasteiger partial charge on any atom is -0.493 e. The highest BCUT2D eigenvalue weighted by atomic mass is 16.5. The SMILES string of the molecule is CCOc1cc(CNC(=NC)NCC(C(C)C)N2CCOCC2)ccc1OC. The van der Waals surface area contributed by atoms with Gasteiger partial charge in [-0.2, -0.15) is 0 Å². The van der Waals surface area contributed by atoms with Crippen molar-refractivity contribution in [2.45, 2.75) is 33.4 Å². The van der Waals surface area contributed by atoms with Crippen LogP contribution in [0, 0.1) is 5.92 Å². The van der Waals surface area contributed by atoms with Gasteiger partial charge in [-0.15, -0.1) is 0 Å². The van der Waals surface area contributed by atoms with Gasteiger partial charge in [-0.25, -0.2) is 0 Å². The van der Waals surface area contributed by atoms with Crippen LogP contribution in [0.3, 0.4) is 0 Å². The standard InChI is InChI=1S/C21H36N4O3/c1-6-28-20-13-17(7-8-19(20)26-5)14-23-21(22-4)24-15-18(16(2)3)25-9-11-27-12-10-25/h7-8,13,16,18H,6,9-12,14-15H2,1-5H3,(H2,22,23,24). The van der Waals surface area contributed by atoms with Gasteiger partial charge in [-0.05, 0) is 30.5 Å². The van der Waals surface area contributed by atoms with E-state index in [9.17, 15) is 0 Å². The molecule has 0 aliphatic carbocycles. The van der Waals surface area contributed by atoms with E-state index < -0.39 is 0 Å². The zero-order valence-electron chi connectivity index (χ0n) is 18.0. The summed E-state index contributed by atoms with van der Waals surface area (Å²) in [7, 11) is 3.45. The third-order valence-corrected chi connectivity index (χ3v) is 4.97. The van der Waals surface area contributed by atoms with Crippen molar-refractivity contribution in [3.8, 4) is 11.5 Å². The molecule has 1 aliphatic heterocycles. The number of morpholine rings is 1. The molecule has 0 bridgehead atoms. The predicted octanol–water partition coefficient (Wildman–Crippen LogP) is 2.12. The lowest BCUT2D eigenvalue weighted by atomic mass is 10.0. The molecule has 2 rings (SSSR count). The van der Waals surface area contributed by atoms with E-state index in [2.05, 4.69) is 34.4 Å². The van der Waals surface area contributed by atoms with Gasteiger partial charge < -0.3 is 24.8 Å². The van der Waals surface area contributed by atoms with Gasteiger partial charge in [0, 0.05) is 39.3 Å². The summed E-state index contributed by atoms with van der Waals surface area (Å²) >= 11 is 0. The molecule has 1 atom stereocenters. The van der Waals surface area contributed by atoms with Crippen LogP contribution in [0.15, 0.2) is 23.2 Å². The Labute approximate surface area is 169 Å². The first-order chi connectivity index (χ1) is 13.6. The molecular weight excluding hydrogens is 356 g/mol. The number of hydrogen-bond acceptors (Lipinski definition) is 5. The summed E-state index contributed by atoms with van der Waals surface area (Å²) in [6, 6.07) is 6.43. The molecule has 1 aromatic carbocycles. The first kappa shape index (κ1) is 22.3. The molecule has 0 aromatic heterocycles. The second-order valence-corrected chi connectivity index (χ2v) is 7.18. The second kappa shape index (κ2) is 11.8. The van der Waals surface area contributed by atoms with Crippen LogP contribution in [0.1, 0.15) is 26.3 Å². The van der Waals surface area contributed by atoms with Gasteiger partial charge in [0.2, 0.25) is 0 Å². The molecule has 158 valence electrons. The number of hydrogen-bond donors (Lipinski definition) is 2. The Bertz CT molecular complexity index is 616. The lowest BCUT2D eigenvalue weighted by molar-refractivity contribution is 0.00752. The molecule has 28 heavy (non-hydrogen) atoms. The average Bonchev–Trinajstić information content (AvgIpc) is 2.71. The highest BCUT2D eigenvalue weighted by molar-refractivity contribution is 5.79. The van der Waals surface area contributed by atoms with Crippen LogP contribution in [0.25, 0.3) is 0 Å². The van der Waals surface area contributed by atoms with Gasteiger partial charge in [-0.3, -0.25) is 9.89 Å². The molecule has 1 heterocycles. The monoisotopic (exact) mass is 392 g/mol. The fraction of sp³-hybridized carbons (Fsp3) is 0.667. The second-order valence-electron chi connectivity index (χ2n) is 7.18. The Morgan fingerprint density at radius 1 is 1.21 bits per heavy atom. The number of nitrogens with zero attached hydrogens (tertiary/aromatic N) is 2. The molecule has 1 fully saturated rings. The molecule has 1 aliphatic rings. The van der Waals surface area contributed by atoms with E-state index in [4.69, 9.17) is 14.2 Å². The first-order valence-corrected chi connectivity index (χ1v) is 10.1. The summed E-state index contributed by atoms with van der Waals surface area (Å²) in [6.07, 6.45) is 0. The van der Waals surface area contributed by atoms with Gasteiger partial charge in [0.1, 0.15) is 0 Å². The van der Waals surface area contributed by atoms with Crippen LogP contribution in [0.4, 0.5) is 0 Å². The first-order valence-electron chi connectivity index (χ1n) is 10.1. The summed E-state index contributed by atoms with van der Waals surface area (Å²) in [5.41, 5.74) is 1.11. The average molecular weight is 393 g/mol. The van der Waals surface area contributed by atoms with E-state index in [-0.39, 0.29) is 0 Å². The van der Waals surface area contributed by atoms with Crippen molar-refractivity contribution in [2.24, 2.45) is 10.9 Å². The van der Waals surface area contributed by atoms with E-state index in [0.29, 0.717) is 25.1 Å². The Morgan fingerprint density at radius 3 is 2.57 bits per heavy atom. The maximum atomic E-state index is 5.66. The summed E-state index contributed by atoms with van der Waals surface area (Å²) in [5.74, 6) is 2.87. The van der Waals surface area contributed by atoms with E-state index in [1.54, 1.807) is 14.2 Å². The summed E-state index contributed by atoms with van der Waals surface area (Å²) < 4.78 is 16.5. The highest BCUT2D eigenvalue weighted by Gasteiger charge is 2.23. The van der Waals surface area contributed by atoms with Gasteiger partial charge in [-0.1, -0.05) is 19.9 Å². The number of benzene rings is 1. The largest absolute Gasteiger partial charge is 0.493 e. The number of nitrogens with one attached hydrogen (secondary N) is 2. The van der Waals surface area contributed by atoms with Gasteiger partial charge in [0.15, 0.2) is 17.5 Å². The number of guanidine groups is 1. The van der Waals surface area contributed by atoms with E-state index in [1.807, 2.05) is 25.1 Å². The minimum atomic E-state index is 0.452. The van der Waals surface area contributed by atoms with Crippen LogP contribution >= 0.6 is 0 Å². The molecule has 0 saturated carbocycles. The molecule has 1 unspecified atom stereocenters. The third-order valence-electron chi connectivity index (χ3n) is 4.97. The quantitative estimate of drug-likeness (QED) is 0.496. The summed E-state index contributed by atoms with van der Waals surface area (Å²) in [4.78, 5) is 6.87. The molecule has 7 heteroatoms. The smallest absolute Gasteiger partial charge is 0.191 e. The van der Waals surface area contributed by atoms with E-state index in [0.717, 1.165) is 55.9 Å².